The van der Waals surface area contributed by atoms with Gasteiger partial charge in [0.05, 0.1) is 18.2 Å². The lowest BCUT2D eigenvalue weighted by Crippen LogP contribution is -2.58. The standard InChI is InChI=1S/C35H36N4O4.C3H9N/c1-5-15-27(7-3)35(28(8-4)16-6-2,29-19-13-10-14-20-29)38-23-30(25-40)43-32(24-38)39-22-21-31(37-34(39)42)36-33(41)26-17-11-9-12-18-26;1-4(2)3/h5-22,30,32,40H,1-4,23-25H2,(H,36,37,41,42);1-3H3/b27-15+,28-16+;/t30-,32+;/m0./s1. The molecule has 2 heterocycles. The Morgan fingerprint density at radius 2 is 1.51 bits per heavy atom. The number of ether oxygens (including phenoxy) is 1. The summed E-state index contributed by atoms with van der Waals surface area (Å²) in [7, 11) is 6.00. The Labute approximate surface area is 277 Å². The summed E-state index contributed by atoms with van der Waals surface area (Å²) < 4.78 is 7.57. The zero-order valence-electron chi connectivity index (χ0n) is 27.5. The smallest absolute Gasteiger partial charge is 0.351 e. The number of hydrogen-bond acceptors (Lipinski definition) is 7. The molecule has 246 valence electrons. The van der Waals surface area contributed by atoms with E-state index in [1.165, 1.54) is 10.8 Å². The minimum Gasteiger partial charge on any atom is -0.394 e. The number of rotatable bonds is 12. The van der Waals surface area contributed by atoms with Crippen molar-refractivity contribution in [3.8, 4) is 0 Å². The van der Waals surface area contributed by atoms with Gasteiger partial charge in [0.15, 0.2) is 6.23 Å². The average molecular weight is 636 g/mol. The summed E-state index contributed by atoms with van der Waals surface area (Å²) in [5.74, 6) is -0.263. The molecular formula is C38H45N5O4. The lowest BCUT2D eigenvalue weighted by molar-refractivity contribution is -0.151. The van der Waals surface area contributed by atoms with Crippen molar-refractivity contribution in [2.45, 2.75) is 17.9 Å². The molecule has 2 aromatic carbocycles. The summed E-state index contributed by atoms with van der Waals surface area (Å²) in [6.07, 6.45) is 10.8. The highest BCUT2D eigenvalue weighted by Gasteiger charge is 2.47. The highest BCUT2D eigenvalue weighted by Crippen LogP contribution is 2.46. The van der Waals surface area contributed by atoms with Gasteiger partial charge >= 0.3 is 5.69 Å². The van der Waals surface area contributed by atoms with Crippen molar-refractivity contribution < 1.29 is 14.6 Å². The van der Waals surface area contributed by atoms with E-state index in [1.807, 2.05) is 74.6 Å². The van der Waals surface area contributed by atoms with Gasteiger partial charge in [0.25, 0.3) is 5.91 Å². The zero-order valence-corrected chi connectivity index (χ0v) is 27.5. The number of allylic oxidation sites excluding steroid dienone is 4. The zero-order chi connectivity index (χ0) is 34.4. The van der Waals surface area contributed by atoms with Crippen LogP contribution in [0.15, 0.2) is 152 Å². The van der Waals surface area contributed by atoms with Gasteiger partial charge in [0, 0.05) is 24.8 Å². The molecule has 1 aliphatic heterocycles. The van der Waals surface area contributed by atoms with Gasteiger partial charge < -0.3 is 20.1 Å². The quantitative estimate of drug-likeness (QED) is 0.259. The summed E-state index contributed by atoms with van der Waals surface area (Å²) in [4.78, 5) is 34.2. The molecule has 9 nitrogen and oxygen atoms in total. The van der Waals surface area contributed by atoms with Crippen LogP contribution in [0.3, 0.4) is 0 Å². The Kier molecular flexibility index (Phi) is 13.7. The van der Waals surface area contributed by atoms with Crippen LogP contribution in [-0.2, 0) is 10.3 Å². The van der Waals surface area contributed by atoms with Crippen LogP contribution in [-0.4, -0.2) is 77.3 Å². The first kappa shape index (κ1) is 36.5. The lowest BCUT2D eigenvalue weighted by atomic mass is 9.73. The van der Waals surface area contributed by atoms with Crippen LogP contribution in [0, 0.1) is 0 Å². The fourth-order valence-corrected chi connectivity index (χ4v) is 5.48. The van der Waals surface area contributed by atoms with E-state index < -0.39 is 23.6 Å². The SMILES string of the molecule is C=C/C=C(\C=C)C(/C(C=C)=C/C=C)(c1ccccc1)N1C[C@@H](CO)O[C@@H](n2ccc(NC(=O)c3ccccc3)nc2=O)C1.CN(C)C. The first-order valence-electron chi connectivity index (χ1n) is 15.2. The minimum atomic E-state index is -0.955. The summed E-state index contributed by atoms with van der Waals surface area (Å²) >= 11 is 0. The van der Waals surface area contributed by atoms with Crippen LogP contribution in [0.2, 0.25) is 0 Å². The molecule has 3 aromatic rings. The average Bonchev–Trinajstić information content (AvgIpc) is 3.08. The Balaban J connectivity index is 0.00000142. The van der Waals surface area contributed by atoms with E-state index in [0.29, 0.717) is 12.1 Å². The van der Waals surface area contributed by atoms with Gasteiger partial charge in [-0.1, -0.05) is 111 Å². The largest absolute Gasteiger partial charge is 0.394 e. The highest BCUT2D eigenvalue weighted by molar-refractivity contribution is 6.03. The Hall–Kier alpha value is -4.93. The van der Waals surface area contributed by atoms with Crippen molar-refractivity contribution in [2.24, 2.45) is 0 Å². The summed E-state index contributed by atoms with van der Waals surface area (Å²) in [5.41, 5.74) is 1.41. The van der Waals surface area contributed by atoms with E-state index in [4.69, 9.17) is 4.74 Å². The number of aliphatic hydroxyl groups is 1. The van der Waals surface area contributed by atoms with Gasteiger partial charge in [-0.05, 0) is 56.1 Å². The second-order valence-corrected chi connectivity index (χ2v) is 11.2. The van der Waals surface area contributed by atoms with E-state index in [-0.39, 0.29) is 24.9 Å². The van der Waals surface area contributed by atoms with Crippen LogP contribution in [0.1, 0.15) is 22.1 Å². The molecule has 2 atom stereocenters. The summed E-state index contributed by atoms with van der Waals surface area (Å²) in [6.45, 7) is 16.4. The number of carbonyl (C=O) groups excluding carboxylic acids is 1. The van der Waals surface area contributed by atoms with Crippen LogP contribution in [0.4, 0.5) is 5.82 Å². The maximum Gasteiger partial charge on any atom is 0.351 e. The molecule has 0 radical (unpaired) electrons. The van der Waals surface area contributed by atoms with Crippen molar-refractivity contribution >= 4 is 11.7 Å². The van der Waals surface area contributed by atoms with E-state index in [2.05, 4.69) is 41.5 Å². The molecule has 2 N–H and O–H groups in total. The molecule has 1 saturated heterocycles. The Morgan fingerprint density at radius 3 is 2.00 bits per heavy atom. The van der Waals surface area contributed by atoms with Crippen molar-refractivity contribution in [1.82, 2.24) is 19.4 Å². The maximum atomic E-state index is 13.3. The fourth-order valence-electron chi connectivity index (χ4n) is 5.48. The van der Waals surface area contributed by atoms with Gasteiger partial charge in [-0.2, -0.15) is 4.98 Å². The number of nitrogens with zero attached hydrogens (tertiary/aromatic N) is 4. The number of carbonyl (C=O) groups is 1. The van der Waals surface area contributed by atoms with Crippen molar-refractivity contribution in [3.63, 3.8) is 0 Å². The van der Waals surface area contributed by atoms with Gasteiger partial charge in [-0.25, -0.2) is 4.79 Å². The number of amides is 1. The molecule has 1 fully saturated rings. The van der Waals surface area contributed by atoms with E-state index in [1.54, 1.807) is 54.6 Å². The van der Waals surface area contributed by atoms with Crippen LogP contribution < -0.4 is 11.0 Å². The molecule has 47 heavy (non-hydrogen) atoms. The predicted octanol–water partition coefficient (Wildman–Crippen LogP) is 5.36. The van der Waals surface area contributed by atoms with Crippen LogP contribution >= 0.6 is 0 Å². The molecule has 4 rings (SSSR count). The topological polar surface area (TPSA) is 99.9 Å². The number of nitrogens with one attached hydrogen (secondary N) is 1. The monoisotopic (exact) mass is 635 g/mol. The predicted molar refractivity (Wildman–Crippen MR) is 190 cm³/mol. The minimum absolute atomic E-state index is 0.117. The van der Waals surface area contributed by atoms with Gasteiger partial charge in [-0.3, -0.25) is 14.3 Å². The normalized spacial score (nSPS) is 18.2. The molecule has 1 aliphatic rings. The highest BCUT2D eigenvalue weighted by atomic mass is 16.5. The van der Waals surface area contributed by atoms with Gasteiger partial charge in [0.2, 0.25) is 0 Å². The number of morpholine rings is 1. The number of anilines is 1. The third-order valence-corrected chi connectivity index (χ3v) is 7.31. The molecule has 0 saturated carbocycles. The third kappa shape index (κ3) is 8.87. The third-order valence-electron chi connectivity index (χ3n) is 7.31. The molecule has 0 unspecified atom stereocenters. The first-order chi connectivity index (χ1) is 22.7. The summed E-state index contributed by atoms with van der Waals surface area (Å²) in [6, 6.07) is 20.1. The van der Waals surface area contributed by atoms with Crippen LogP contribution in [0.25, 0.3) is 0 Å². The van der Waals surface area contributed by atoms with Gasteiger partial charge in [0.1, 0.15) is 5.82 Å². The number of aliphatic hydroxyl groups excluding tert-OH is 1. The van der Waals surface area contributed by atoms with Crippen LogP contribution in [0.5, 0.6) is 0 Å². The van der Waals surface area contributed by atoms with E-state index in [9.17, 15) is 14.7 Å². The molecule has 1 aromatic heterocycles. The number of hydrogen-bond donors (Lipinski definition) is 2. The van der Waals surface area contributed by atoms with E-state index in [0.717, 1.165) is 16.7 Å². The fraction of sp³-hybridized carbons (Fsp3) is 0.237. The molecule has 0 bridgehead atoms. The molecule has 1 amide bonds. The molecule has 0 spiro atoms. The lowest BCUT2D eigenvalue weighted by Gasteiger charge is -2.51. The summed E-state index contributed by atoms with van der Waals surface area (Å²) in [5, 5.41) is 13.0. The second kappa shape index (κ2) is 17.7. The van der Waals surface area contributed by atoms with Crippen molar-refractivity contribution in [2.75, 3.05) is 46.2 Å². The van der Waals surface area contributed by atoms with Crippen molar-refractivity contribution in [1.29, 1.82) is 0 Å². The van der Waals surface area contributed by atoms with E-state index >= 15 is 0 Å². The van der Waals surface area contributed by atoms with Crippen molar-refractivity contribution in [3.05, 3.63) is 168 Å². The Morgan fingerprint density at radius 1 is 0.957 bits per heavy atom. The number of aromatic nitrogens is 2. The van der Waals surface area contributed by atoms with Gasteiger partial charge in [-0.15, -0.1) is 0 Å². The maximum absolute atomic E-state index is 13.3. The Bertz CT molecular complexity index is 1610. The molecule has 0 aliphatic carbocycles. The molecular weight excluding hydrogens is 590 g/mol. The molecule has 9 heteroatoms. The second-order valence-electron chi connectivity index (χ2n) is 11.2. The first-order valence-corrected chi connectivity index (χ1v) is 15.2. The number of benzene rings is 2.